The first-order valence-corrected chi connectivity index (χ1v) is 4.41. The van der Waals surface area contributed by atoms with Gasteiger partial charge in [0, 0.05) is 0 Å². The third kappa shape index (κ3) is 3.96. The zero-order valence-corrected chi connectivity index (χ0v) is 8.23. The van der Waals surface area contributed by atoms with Gasteiger partial charge in [0.25, 0.3) is 0 Å². The van der Waals surface area contributed by atoms with Gasteiger partial charge in [-0.05, 0) is 19.1 Å². The summed E-state index contributed by atoms with van der Waals surface area (Å²) in [5.41, 5.74) is 1.21. The number of aryl methyl sites for hydroxylation is 1. The van der Waals surface area contributed by atoms with E-state index in [1.54, 1.807) is 0 Å². The summed E-state index contributed by atoms with van der Waals surface area (Å²) in [4.78, 5) is 9.16. The Morgan fingerprint density at radius 2 is 1.93 bits per heavy atom. The summed E-state index contributed by atoms with van der Waals surface area (Å²) in [6.45, 7) is 6.20. The second-order valence-corrected chi connectivity index (χ2v) is 2.75. The SMILES string of the molecule is C=COOCCOc1ccc(C)cc1. The zero-order chi connectivity index (χ0) is 10.2. The molecular formula is C11H14O3. The van der Waals surface area contributed by atoms with Crippen molar-refractivity contribution in [2.45, 2.75) is 6.92 Å². The predicted octanol–water partition coefficient (Wildman–Crippen LogP) is 2.47. The first-order chi connectivity index (χ1) is 6.83. The van der Waals surface area contributed by atoms with Gasteiger partial charge in [-0.1, -0.05) is 24.3 Å². The van der Waals surface area contributed by atoms with Gasteiger partial charge in [0.15, 0.2) is 0 Å². The van der Waals surface area contributed by atoms with E-state index in [0.29, 0.717) is 13.2 Å². The van der Waals surface area contributed by atoms with Gasteiger partial charge >= 0.3 is 0 Å². The third-order valence-corrected chi connectivity index (χ3v) is 1.59. The van der Waals surface area contributed by atoms with Crippen LogP contribution in [0.2, 0.25) is 0 Å². The van der Waals surface area contributed by atoms with E-state index in [1.165, 1.54) is 11.8 Å². The van der Waals surface area contributed by atoms with Crippen LogP contribution in [-0.2, 0) is 9.78 Å². The molecule has 0 radical (unpaired) electrons. The molecule has 0 bridgehead atoms. The minimum absolute atomic E-state index is 0.375. The Kier molecular flexibility index (Phi) is 4.58. The summed E-state index contributed by atoms with van der Waals surface area (Å²) in [5.74, 6) is 0.831. The smallest absolute Gasteiger partial charge is 0.128 e. The minimum Gasteiger partial charge on any atom is -0.491 e. The Hall–Kier alpha value is -1.48. The van der Waals surface area contributed by atoms with Crippen molar-refractivity contribution in [3.05, 3.63) is 42.7 Å². The molecule has 0 heterocycles. The predicted molar refractivity (Wildman–Crippen MR) is 53.9 cm³/mol. The van der Waals surface area contributed by atoms with E-state index in [9.17, 15) is 0 Å². The van der Waals surface area contributed by atoms with Gasteiger partial charge in [-0.25, -0.2) is 0 Å². The quantitative estimate of drug-likeness (QED) is 0.301. The number of rotatable bonds is 6. The molecule has 0 aliphatic carbocycles. The maximum atomic E-state index is 5.37. The average Bonchev–Trinajstić information content (AvgIpc) is 2.21. The second-order valence-electron chi connectivity index (χ2n) is 2.75. The van der Waals surface area contributed by atoms with Crippen LogP contribution in [0, 0.1) is 6.92 Å². The Bertz CT molecular complexity index is 266. The number of hydrogen-bond donors (Lipinski definition) is 0. The van der Waals surface area contributed by atoms with E-state index >= 15 is 0 Å². The molecule has 0 atom stereocenters. The maximum Gasteiger partial charge on any atom is 0.128 e. The van der Waals surface area contributed by atoms with Crippen LogP contribution in [0.4, 0.5) is 0 Å². The summed E-state index contributed by atoms with van der Waals surface area (Å²) in [7, 11) is 0. The van der Waals surface area contributed by atoms with Crippen molar-refractivity contribution in [2.24, 2.45) is 0 Å². The lowest BCUT2D eigenvalue weighted by molar-refractivity contribution is -0.251. The van der Waals surface area contributed by atoms with Crippen LogP contribution in [0.25, 0.3) is 0 Å². The Morgan fingerprint density at radius 1 is 1.21 bits per heavy atom. The minimum atomic E-state index is 0.375. The van der Waals surface area contributed by atoms with Crippen molar-refractivity contribution in [3.8, 4) is 5.75 Å². The van der Waals surface area contributed by atoms with Crippen molar-refractivity contribution < 1.29 is 14.5 Å². The lowest BCUT2D eigenvalue weighted by Gasteiger charge is -2.05. The van der Waals surface area contributed by atoms with Gasteiger partial charge in [0.1, 0.15) is 25.2 Å². The lowest BCUT2D eigenvalue weighted by Crippen LogP contribution is -2.05. The van der Waals surface area contributed by atoms with Gasteiger partial charge in [0.2, 0.25) is 0 Å². The fourth-order valence-electron chi connectivity index (χ4n) is 0.924. The van der Waals surface area contributed by atoms with Crippen molar-refractivity contribution in [2.75, 3.05) is 13.2 Å². The molecule has 0 aliphatic heterocycles. The maximum absolute atomic E-state index is 5.37. The molecule has 0 unspecified atom stereocenters. The van der Waals surface area contributed by atoms with Crippen LogP contribution in [0.5, 0.6) is 5.75 Å². The van der Waals surface area contributed by atoms with Gasteiger partial charge in [-0.3, -0.25) is 0 Å². The fraction of sp³-hybridized carbons (Fsp3) is 0.273. The molecule has 3 nitrogen and oxygen atoms in total. The lowest BCUT2D eigenvalue weighted by atomic mass is 10.2. The standard InChI is InChI=1S/C11H14O3/c1-3-13-14-9-8-12-11-6-4-10(2)5-7-11/h3-7H,1,8-9H2,2H3. The summed E-state index contributed by atoms with van der Waals surface area (Å²) in [6.07, 6.45) is 1.23. The molecule has 0 aliphatic rings. The van der Waals surface area contributed by atoms with E-state index in [1.807, 2.05) is 31.2 Å². The van der Waals surface area contributed by atoms with Crippen LogP contribution < -0.4 is 4.74 Å². The number of benzene rings is 1. The molecule has 0 fully saturated rings. The van der Waals surface area contributed by atoms with E-state index in [2.05, 4.69) is 16.4 Å². The van der Waals surface area contributed by atoms with Gasteiger partial charge in [-0.2, -0.15) is 4.89 Å². The summed E-state index contributed by atoms with van der Waals surface area (Å²) in [5, 5.41) is 0. The van der Waals surface area contributed by atoms with Crippen LogP contribution in [0.3, 0.4) is 0 Å². The molecule has 1 rings (SSSR count). The molecule has 0 spiro atoms. The first kappa shape index (κ1) is 10.6. The Morgan fingerprint density at radius 3 is 2.57 bits per heavy atom. The highest BCUT2D eigenvalue weighted by molar-refractivity contribution is 5.26. The molecule has 0 saturated heterocycles. The molecule has 1 aromatic rings. The highest BCUT2D eigenvalue weighted by Crippen LogP contribution is 2.10. The first-order valence-electron chi connectivity index (χ1n) is 4.41. The van der Waals surface area contributed by atoms with Gasteiger partial charge in [0.05, 0.1) is 0 Å². The van der Waals surface area contributed by atoms with E-state index in [-0.39, 0.29) is 0 Å². The molecule has 76 valence electrons. The van der Waals surface area contributed by atoms with Crippen LogP contribution in [-0.4, -0.2) is 13.2 Å². The molecule has 0 N–H and O–H groups in total. The molecule has 14 heavy (non-hydrogen) atoms. The topological polar surface area (TPSA) is 27.7 Å². The van der Waals surface area contributed by atoms with E-state index in [4.69, 9.17) is 4.74 Å². The van der Waals surface area contributed by atoms with Crippen LogP contribution in [0.15, 0.2) is 37.1 Å². The van der Waals surface area contributed by atoms with E-state index < -0.39 is 0 Å². The average molecular weight is 194 g/mol. The highest BCUT2D eigenvalue weighted by Gasteiger charge is 1.92. The Balaban J connectivity index is 2.18. The van der Waals surface area contributed by atoms with Crippen molar-refractivity contribution in [3.63, 3.8) is 0 Å². The molecule has 3 heteroatoms. The zero-order valence-electron chi connectivity index (χ0n) is 8.23. The molecule has 0 saturated carbocycles. The van der Waals surface area contributed by atoms with Gasteiger partial charge < -0.3 is 9.62 Å². The largest absolute Gasteiger partial charge is 0.491 e. The van der Waals surface area contributed by atoms with E-state index in [0.717, 1.165) is 5.75 Å². The van der Waals surface area contributed by atoms with Crippen molar-refractivity contribution >= 4 is 0 Å². The van der Waals surface area contributed by atoms with Crippen molar-refractivity contribution in [1.82, 2.24) is 0 Å². The molecule has 1 aromatic carbocycles. The fourth-order valence-corrected chi connectivity index (χ4v) is 0.924. The molecular weight excluding hydrogens is 180 g/mol. The summed E-state index contributed by atoms with van der Waals surface area (Å²) >= 11 is 0. The number of ether oxygens (including phenoxy) is 1. The Labute approximate surface area is 83.8 Å². The third-order valence-electron chi connectivity index (χ3n) is 1.59. The number of hydrogen-bond acceptors (Lipinski definition) is 3. The second kappa shape index (κ2) is 6.05. The monoisotopic (exact) mass is 194 g/mol. The normalized spacial score (nSPS) is 9.50. The summed E-state index contributed by atoms with van der Waals surface area (Å²) < 4.78 is 5.37. The summed E-state index contributed by atoms with van der Waals surface area (Å²) in [6, 6.07) is 7.83. The van der Waals surface area contributed by atoms with Crippen molar-refractivity contribution in [1.29, 1.82) is 0 Å². The van der Waals surface area contributed by atoms with Crippen LogP contribution >= 0.6 is 0 Å². The molecule has 0 amide bonds. The van der Waals surface area contributed by atoms with Gasteiger partial charge in [-0.15, -0.1) is 0 Å². The van der Waals surface area contributed by atoms with Crippen LogP contribution in [0.1, 0.15) is 5.56 Å². The highest BCUT2D eigenvalue weighted by atomic mass is 17.2. The molecule has 0 aromatic heterocycles.